The van der Waals surface area contributed by atoms with Gasteiger partial charge in [-0.15, -0.1) is 0 Å². The highest BCUT2D eigenvalue weighted by Gasteiger charge is 2.28. The second-order valence-electron chi connectivity index (χ2n) is 5.21. The van der Waals surface area contributed by atoms with Crippen molar-refractivity contribution in [3.8, 4) is 0 Å². The molecule has 0 bridgehead atoms. The van der Waals surface area contributed by atoms with Crippen molar-refractivity contribution in [1.29, 1.82) is 0 Å². The van der Waals surface area contributed by atoms with E-state index in [-0.39, 0.29) is 23.7 Å². The molecule has 0 aromatic rings. The molecule has 5 nitrogen and oxygen atoms in total. The molecular weight excluding hydrogens is 284 g/mol. The first-order chi connectivity index (χ1) is 8.72. The predicted molar refractivity (Wildman–Crippen MR) is 80.3 cm³/mol. The van der Waals surface area contributed by atoms with Gasteiger partial charge in [-0.05, 0) is 13.8 Å². The molecule has 0 aliphatic carbocycles. The SMILES string of the molecule is C[C@@H](C(=O)N(C)[C@@H](C)CS(C)(=O)=O)N1CCSCC1. The van der Waals surface area contributed by atoms with E-state index in [1.54, 1.807) is 18.9 Å². The number of sulfone groups is 1. The van der Waals surface area contributed by atoms with Crippen LogP contribution in [0.2, 0.25) is 0 Å². The van der Waals surface area contributed by atoms with Gasteiger partial charge in [-0.3, -0.25) is 9.69 Å². The average Bonchev–Trinajstić information content (AvgIpc) is 2.35. The molecule has 0 N–H and O–H groups in total. The molecule has 1 aliphatic heterocycles. The van der Waals surface area contributed by atoms with Crippen molar-refractivity contribution in [2.24, 2.45) is 0 Å². The van der Waals surface area contributed by atoms with Crippen LogP contribution in [0.1, 0.15) is 13.8 Å². The van der Waals surface area contributed by atoms with E-state index in [1.807, 2.05) is 18.7 Å². The maximum Gasteiger partial charge on any atom is 0.239 e. The van der Waals surface area contributed by atoms with Crippen LogP contribution in [0, 0.1) is 0 Å². The lowest BCUT2D eigenvalue weighted by atomic mass is 10.2. The summed E-state index contributed by atoms with van der Waals surface area (Å²) < 4.78 is 22.6. The zero-order valence-corrected chi connectivity index (χ0v) is 13.8. The Morgan fingerprint density at radius 2 is 1.84 bits per heavy atom. The summed E-state index contributed by atoms with van der Waals surface area (Å²) >= 11 is 1.90. The third-order valence-corrected chi connectivity index (χ3v) is 5.53. The van der Waals surface area contributed by atoms with E-state index in [1.165, 1.54) is 6.26 Å². The number of carbonyl (C=O) groups is 1. The first kappa shape index (κ1) is 16.8. The summed E-state index contributed by atoms with van der Waals surface area (Å²) in [6.45, 7) is 5.53. The Labute approximate surface area is 120 Å². The molecule has 0 aromatic heterocycles. The molecule has 19 heavy (non-hydrogen) atoms. The van der Waals surface area contributed by atoms with Gasteiger partial charge in [0.1, 0.15) is 9.84 Å². The first-order valence-corrected chi connectivity index (χ1v) is 9.70. The third-order valence-electron chi connectivity index (χ3n) is 3.50. The number of likely N-dealkylation sites (N-methyl/N-ethyl adjacent to an activating group) is 1. The molecule has 1 rings (SSSR count). The Morgan fingerprint density at radius 3 is 2.32 bits per heavy atom. The van der Waals surface area contributed by atoms with Crippen molar-refractivity contribution in [3.05, 3.63) is 0 Å². The number of carbonyl (C=O) groups excluding carboxylic acids is 1. The van der Waals surface area contributed by atoms with Crippen LogP contribution in [0.5, 0.6) is 0 Å². The predicted octanol–water partition coefficient (Wildman–Crippen LogP) is 0.315. The normalized spacial score (nSPS) is 20.8. The monoisotopic (exact) mass is 308 g/mol. The lowest BCUT2D eigenvalue weighted by Gasteiger charge is -2.35. The Kier molecular flexibility index (Phi) is 6.14. The molecule has 0 radical (unpaired) electrons. The van der Waals surface area contributed by atoms with Gasteiger partial charge < -0.3 is 4.90 Å². The molecule has 1 saturated heterocycles. The first-order valence-electron chi connectivity index (χ1n) is 6.48. The highest BCUT2D eigenvalue weighted by Crippen LogP contribution is 2.14. The van der Waals surface area contributed by atoms with Crippen molar-refractivity contribution in [1.82, 2.24) is 9.80 Å². The minimum Gasteiger partial charge on any atom is -0.341 e. The van der Waals surface area contributed by atoms with Crippen LogP contribution in [0.3, 0.4) is 0 Å². The van der Waals surface area contributed by atoms with Crippen LogP contribution in [-0.4, -0.2) is 79.9 Å². The van der Waals surface area contributed by atoms with E-state index in [4.69, 9.17) is 0 Å². The molecule has 2 atom stereocenters. The van der Waals surface area contributed by atoms with Gasteiger partial charge in [0.15, 0.2) is 0 Å². The van der Waals surface area contributed by atoms with Gasteiger partial charge in [0, 0.05) is 43.9 Å². The summed E-state index contributed by atoms with van der Waals surface area (Å²) in [7, 11) is -1.38. The Hall–Kier alpha value is -0.270. The maximum absolute atomic E-state index is 12.4. The largest absolute Gasteiger partial charge is 0.341 e. The smallest absolute Gasteiger partial charge is 0.239 e. The van der Waals surface area contributed by atoms with Gasteiger partial charge in [0.2, 0.25) is 5.91 Å². The molecule has 1 fully saturated rings. The summed E-state index contributed by atoms with van der Waals surface area (Å²) in [5, 5.41) is 0. The van der Waals surface area contributed by atoms with Crippen molar-refractivity contribution in [3.63, 3.8) is 0 Å². The summed E-state index contributed by atoms with van der Waals surface area (Å²) in [5.41, 5.74) is 0. The van der Waals surface area contributed by atoms with Gasteiger partial charge >= 0.3 is 0 Å². The fraction of sp³-hybridized carbons (Fsp3) is 0.917. The van der Waals surface area contributed by atoms with Gasteiger partial charge in [0.05, 0.1) is 11.8 Å². The second-order valence-corrected chi connectivity index (χ2v) is 8.62. The Morgan fingerprint density at radius 1 is 1.32 bits per heavy atom. The van der Waals surface area contributed by atoms with Crippen LogP contribution < -0.4 is 0 Å². The zero-order valence-electron chi connectivity index (χ0n) is 12.1. The number of amides is 1. The molecular formula is C12H24N2O3S2. The summed E-state index contributed by atoms with van der Waals surface area (Å²) in [4.78, 5) is 16.1. The fourth-order valence-electron chi connectivity index (χ4n) is 2.18. The molecule has 0 unspecified atom stereocenters. The molecule has 1 amide bonds. The third kappa shape index (κ3) is 5.31. The van der Waals surface area contributed by atoms with E-state index in [9.17, 15) is 13.2 Å². The van der Waals surface area contributed by atoms with Gasteiger partial charge in [-0.2, -0.15) is 11.8 Å². The van der Waals surface area contributed by atoms with Gasteiger partial charge in [-0.1, -0.05) is 0 Å². The molecule has 7 heteroatoms. The van der Waals surface area contributed by atoms with Crippen molar-refractivity contribution in [2.75, 3.05) is 43.7 Å². The second kappa shape index (κ2) is 6.95. The molecule has 0 aromatic carbocycles. The maximum atomic E-state index is 12.4. The quantitative estimate of drug-likeness (QED) is 0.732. The number of hydrogen-bond donors (Lipinski definition) is 0. The van der Waals surface area contributed by atoms with Crippen LogP contribution in [0.15, 0.2) is 0 Å². The van der Waals surface area contributed by atoms with Crippen LogP contribution in [0.25, 0.3) is 0 Å². The number of thioether (sulfide) groups is 1. The van der Waals surface area contributed by atoms with Crippen molar-refractivity contribution >= 4 is 27.5 Å². The van der Waals surface area contributed by atoms with E-state index >= 15 is 0 Å². The topological polar surface area (TPSA) is 57.7 Å². The molecule has 0 saturated carbocycles. The lowest BCUT2D eigenvalue weighted by Crippen LogP contribution is -2.51. The van der Waals surface area contributed by atoms with Crippen LogP contribution in [0.4, 0.5) is 0 Å². The van der Waals surface area contributed by atoms with Crippen LogP contribution >= 0.6 is 11.8 Å². The van der Waals surface area contributed by atoms with E-state index < -0.39 is 9.84 Å². The number of nitrogens with zero attached hydrogens (tertiary/aromatic N) is 2. The molecule has 1 heterocycles. The highest BCUT2D eigenvalue weighted by atomic mass is 32.2. The fourth-order valence-corrected chi connectivity index (χ4v) is 4.21. The van der Waals surface area contributed by atoms with E-state index in [2.05, 4.69) is 4.90 Å². The summed E-state index contributed by atoms with van der Waals surface area (Å²) in [5.74, 6) is 2.13. The molecule has 1 aliphatic rings. The number of hydrogen-bond acceptors (Lipinski definition) is 5. The summed E-state index contributed by atoms with van der Waals surface area (Å²) in [6, 6.07) is -0.461. The Balaban J connectivity index is 2.59. The van der Waals surface area contributed by atoms with E-state index in [0.29, 0.717) is 0 Å². The average molecular weight is 308 g/mol. The molecule has 112 valence electrons. The van der Waals surface area contributed by atoms with Crippen LogP contribution in [-0.2, 0) is 14.6 Å². The number of rotatable bonds is 5. The minimum atomic E-state index is -3.06. The zero-order chi connectivity index (χ0) is 14.6. The van der Waals surface area contributed by atoms with Crippen molar-refractivity contribution < 1.29 is 13.2 Å². The highest BCUT2D eigenvalue weighted by molar-refractivity contribution is 7.99. The van der Waals surface area contributed by atoms with Crippen molar-refractivity contribution in [2.45, 2.75) is 25.9 Å². The van der Waals surface area contributed by atoms with Gasteiger partial charge in [0.25, 0.3) is 0 Å². The van der Waals surface area contributed by atoms with E-state index in [0.717, 1.165) is 24.6 Å². The Bertz CT molecular complexity index is 405. The lowest BCUT2D eigenvalue weighted by molar-refractivity contribution is -0.136. The molecule has 0 spiro atoms. The standard InChI is InChI=1S/C12H24N2O3S2/c1-10(9-19(4,16)17)13(3)12(15)11(2)14-5-7-18-8-6-14/h10-11H,5-9H2,1-4H3/t10-,11-/m0/s1. The van der Waals surface area contributed by atoms with Gasteiger partial charge in [-0.25, -0.2) is 8.42 Å². The minimum absolute atomic E-state index is 0.00282. The summed E-state index contributed by atoms with van der Waals surface area (Å²) in [6.07, 6.45) is 1.20.